The number of alkyl halides is 2. The van der Waals surface area contributed by atoms with Gasteiger partial charge in [0.05, 0.1) is 19.8 Å². The first-order valence-corrected chi connectivity index (χ1v) is 6.73. The van der Waals surface area contributed by atoms with Crippen molar-refractivity contribution in [2.75, 3.05) is 20.8 Å². The lowest BCUT2D eigenvalue weighted by molar-refractivity contribution is 0.0144. The van der Waals surface area contributed by atoms with Crippen molar-refractivity contribution in [2.24, 2.45) is 5.73 Å². The number of ether oxygens (including phenoxy) is 2. The highest BCUT2D eigenvalue weighted by Crippen LogP contribution is 2.48. The molecular formula is C15H21F2NO2. The van der Waals surface area contributed by atoms with Gasteiger partial charge in [-0.15, -0.1) is 0 Å². The summed E-state index contributed by atoms with van der Waals surface area (Å²) in [6, 6.07) is 3.30. The van der Waals surface area contributed by atoms with Crippen molar-refractivity contribution >= 4 is 0 Å². The first-order chi connectivity index (χ1) is 9.38. The van der Waals surface area contributed by atoms with Crippen molar-refractivity contribution in [3.8, 4) is 11.5 Å². The van der Waals surface area contributed by atoms with Gasteiger partial charge >= 0.3 is 0 Å². The highest BCUT2D eigenvalue weighted by molar-refractivity contribution is 5.53. The van der Waals surface area contributed by atoms with Gasteiger partial charge in [-0.2, -0.15) is 0 Å². The van der Waals surface area contributed by atoms with E-state index in [1.807, 2.05) is 0 Å². The maximum Gasteiger partial charge on any atom is 0.274 e. The molecule has 112 valence electrons. The van der Waals surface area contributed by atoms with E-state index in [0.717, 1.165) is 31.7 Å². The third-order valence-electron chi connectivity index (χ3n) is 4.27. The summed E-state index contributed by atoms with van der Waals surface area (Å²) in [6.07, 6.45) is 2.92. The van der Waals surface area contributed by atoms with E-state index in [9.17, 15) is 8.78 Å². The number of halogens is 2. The van der Waals surface area contributed by atoms with Crippen LogP contribution >= 0.6 is 0 Å². The molecule has 1 aliphatic carbocycles. The molecule has 1 aromatic rings. The van der Waals surface area contributed by atoms with Crippen LogP contribution in [0.25, 0.3) is 0 Å². The Morgan fingerprint density at radius 1 is 1.25 bits per heavy atom. The molecule has 0 aromatic heterocycles. The fourth-order valence-electron chi connectivity index (χ4n) is 2.81. The average molecular weight is 285 g/mol. The van der Waals surface area contributed by atoms with E-state index in [-0.39, 0.29) is 16.7 Å². The second kappa shape index (κ2) is 5.20. The number of hydrogen-bond donors (Lipinski definition) is 1. The topological polar surface area (TPSA) is 44.5 Å². The van der Waals surface area contributed by atoms with Crippen molar-refractivity contribution < 1.29 is 18.3 Å². The highest BCUT2D eigenvalue weighted by atomic mass is 19.3. The van der Waals surface area contributed by atoms with E-state index < -0.39 is 5.92 Å². The summed E-state index contributed by atoms with van der Waals surface area (Å²) in [6.45, 7) is 1.32. The number of benzene rings is 1. The molecular weight excluding hydrogens is 264 g/mol. The molecule has 0 atom stereocenters. The molecule has 1 saturated carbocycles. The van der Waals surface area contributed by atoms with E-state index in [0.29, 0.717) is 12.3 Å². The Hall–Kier alpha value is -1.36. The molecule has 0 heterocycles. The zero-order valence-electron chi connectivity index (χ0n) is 12.1. The van der Waals surface area contributed by atoms with Gasteiger partial charge < -0.3 is 15.2 Å². The summed E-state index contributed by atoms with van der Waals surface area (Å²) >= 11 is 0. The van der Waals surface area contributed by atoms with E-state index in [1.165, 1.54) is 20.3 Å². The van der Waals surface area contributed by atoms with Gasteiger partial charge in [0.25, 0.3) is 5.92 Å². The molecule has 3 nitrogen and oxygen atoms in total. The summed E-state index contributed by atoms with van der Waals surface area (Å²) < 4.78 is 38.0. The number of nitrogens with two attached hydrogens (primary N) is 1. The van der Waals surface area contributed by atoms with Gasteiger partial charge in [-0.3, -0.25) is 0 Å². The summed E-state index contributed by atoms with van der Waals surface area (Å²) in [5.41, 5.74) is 6.34. The zero-order valence-corrected chi connectivity index (χ0v) is 12.1. The second-order valence-electron chi connectivity index (χ2n) is 5.49. The van der Waals surface area contributed by atoms with Gasteiger partial charge in [-0.25, -0.2) is 8.78 Å². The summed E-state index contributed by atoms with van der Waals surface area (Å²) in [4.78, 5) is 0. The lowest BCUT2D eigenvalue weighted by atomic mass is 9.64. The molecule has 0 unspecified atom stereocenters. The van der Waals surface area contributed by atoms with Crippen LogP contribution in [0.15, 0.2) is 12.1 Å². The molecule has 0 aliphatic heterocycles. The Balaban J connectivity index is 2.61. The van der Waals surface area contributed by atoms with Gasteiger partial charge in [-0.1, -0.05) is 6.42 Å². The Morgan fingerprint density at radius 3 is 2.25 bits per heavy atom. The summed E-state index contributed by atoms with van der Waals surface area (Å²) in [5.74, 6) is -2.56. The fraction of sp³-hybridized carbons (Fsp3) is 0.600. The van der Waals surface area contributed by atoms with Crippen molar-refractivity contribution in [1.82, 2.24) is 0 Å². The minimum Gasteiger partial charge on any atom is -0.493 e. The highest BCUT2D eigenvalue weighted by Gasteiger charge is 2.40. The Bertz CT molecular complexity index is 488. The van der Waals surface area contributed by atoms with Gasteiger partial charge in [-0.05, 0) is 30.5 Å². The molecule has 0 radical (unpaired) electrons. The molecule has 0 amide bonds. The van der Waals surface area contributed by atoms with Gasteiger partial charge in [0.1, 0.15) is 0 Å². The van der Waals surface area contributed by atoms with Crippen molar-refractivity contribution in [3.05, 3.63) is 23.3 Å². The lowest BCUT2D eigenvalue weighted by Gasteiger charge is -2.42. The predicted molar refractivity (Wildman–Crippen MR) is 73.7 cm³/mol. The largest absolute Gasteiger partial charge is 0.493 e. The first-order valence-electron chi connectivity index (χ1n) is 6.73. The molecule has 0 spiro atoms. The lowest BCUT2D eigenvalue weighted by Crippen LogP contribution is -2.41. The SMILES string of the molecule is COc1cc(C2(CN)CCC2)cc(C(C)(F)F)c1OC. The number of rotatable bonds is 5. The van der Waals surface area contributed by atoms with Crippen LogP contribution in [0.2, 0.25) is 0 Å². The molecule has 2 rings (SSSR count). The van der Waals surface area contributed by atoms with Gasteiger partial charge in [0, 0.05) is 18.9 Å². The van der Waals surface area contributed by atoms with Crippen LogP contribution in [0.4, 0.5) is 8.78 Å². The minimum atomic E-state index is -2.99. The number of hydrogen-bond acceptors (Lipinski definition) is 3. The first kappa shape index (κ1) is 15.0. The molecule has 5 heteroatoms. The summed E-state index contributed by atoms with van der Waals surface area (Å²) in [5, 5.41) is 0. The van der Waals surface area contributed by atoms with E-state index in [1.54, 1.807) is 6.07 Å². The second-order valence-corrected chi connectivity index (χ2v) is 5.49. The zero-order chi connectivity index (χ0) is 15.0. The maximum absolute atomic E-state index is 13.8. The van der Waals surface area contributed by atoms with Crippen LogP contribution in [0, 0.1) is 0 Å². The van der Waals surface area contributed by atoms with Crippen LogP contribution in [0.1, 0.15) is 37.3 Å². The van der Waals surface area contributed by atoms with Crippen LogP contribution in [0.5, 0.6) is 11.5 Å². The Labute approximate surface area is 118 Å². The van der Waals surface area contributed by atoms with Crippen molar-refractivity contribution in [1.29, 1.82) is 0 Å². The minimum absolute atomic E-state index is 0.0928. The number of methoxy groups -OCH3 is 2. The fourth-order valence-corrected chi connectivity index (χ4v) is 2.81. The average Bonchev–Trinajstić information content (AvgIpc) is 2.36. The maximum atomic E-state index is 13.8. The monoisotopic (exact) mass is 285 g/mol. The van der Waals surface area contributed by atoms with Crippen LogP contribution in [-0.2, 0) is 11.3 Å². The van der Waals surface area contributed by atoms with Crippen molar-refractivity contribution in [3.63, 3.8) is 0 Å². The van der Waals surface area contributed by atoms with E-state index >= 15 is 0 Å². The molecule has 1 aromatic carbocycles. The van der Waals surface area contributed by atoms with E-state index in [4.69, 9.17) is 15.2 Å². The van der Waals surface area contributed by atoms with E-state index in [2.05, 4.69) is 0 Å². The normalized spacial score (nSPS) is 17.5. The van der Waals surface area contributed by atoms with Crippen LogP contribution < -0.4 is 15.2 Å². The van der Waals surface area contributed by atoms with Gasteiger partial charge in [0.15, 0.2) is 11.5 Å². The molecule has 2 N–H and O–H groups in total. The quantitative estimate of drug-likeness (QED) is 0.903. The van der Waals surface area contributed by atoms with Crippen LogP contribution in [-0.4, -0.2) is 20.8 Å². The van der Waals surface area contributed by atoms with Crippen molar-refractivity contribution in [2.45, 2.75) is 37.5 Å². The molecule has 1 fully saturated rings. The third-order valence-corrected chi connectivity index (χ3v) is 4.27. The van der Waals surface area contributed by atoms with Crippen LogP contribution in [0.3, 0.4) is 0 Å². The molecule has 0 bridgehead atoms. The Kier molecular flexibility index (Phi) is 3.91. The molecule has 1 aliphatic rings. The smallest absolute Gasteiger partial charge is 0.274 e. The standard InChI is InChI=1S/C15H21F2NO2/c1-14(16,17)11-7-10(15(9-18)5-4-6-15)8-12(19-2)13(11)20-3/h7-8H,4-6,9,18H2,1-3H3. The summed E-state index contributed by atoms with van der Waals surface area (Å²) in [7, 11) is 2.82. The van der Waals surface area contributed by atoms with Gasteiger partial charge in [0.2, 0.25) is 0 Å². The third kappa shape index (κ3) is 2.35. The predicted octanol–water partition coefficient (Wildman–Crippen LogP) is 3.20. The molecule has 20 heavy (non-hydrogen) atoms. The molecule has 0 saturated heterocycles. The Morgan fingerprint density at radius 2 is 1.90 bits per heavy atom.